The summed E-state index contributed by atoms with van der Waals surface area (Å²) >= 11 is 1.78. The van der Waals surface area contributed by atoms with Crippen LogP contribution in [0.4, 0.5) is 22.7 Å². The van der Waals surface area contributed by atoms with E-state index in [4.69, 9.17) is 0 Å². The largest absolute Gasteiger partial charge is 0.354 e. The van der Waals surface area contributed by atoms with Crippen LogP contribution in [0.25, 0.3) is 43.1 Å². The van der Waals surface area contributed by atoms with Gasteiger partial charge in [0.2, 0.25) is 0 Å². The molecule has 0 aliphatic rings. The lowest BCUT2D eigenvalue weighted by Gasteiger charge is -2.14. The number of nitrogens with zero attached hydrogens (tertiary/aromatic N) is 2. The first kappa shape index (κ1) is 26.4. The zero-order valence-electron chi connectivity index (χ0n) is 23.3. The van der Waals surface area contributed by atoms with E-state index in [9.17, 15) is 0 Å². The van der Waals surface area contributed by atoms with Crippen molar-refractivity contribution < 1.29 is 0 Å². The Balaban J connectivity index is 1.29. The van der Waals surface area contributed by atoms with Gasteiger partial charge in [-0.1, -0.05) is 84.9 Å². The van der Waals surface area contributed by atoms with Gasteiger partial charge < -0.3 is 10.6 Å². The van der Waals surface area contributed by atoms with Crippen molar-refractivity contribution in [3.8, 4) is 43.1 Å². The Hall–Kier alpha value is -5.52. The zero-order chi connectivity index (χ0) is 28.8. The molecule has 0 bridgehead atoms. The number of hydrogen-bond donors (Lipinski definition) is 2. The molecule has 5 heteroatoms. The van der Waals surface area contributed by atoms with Gasteiger partial charge in [0.15, 0.2) is 0 Å². The number of anilines is 4. The lowest BCUT2D eigenvalue weighted by molar-refractivity contribution is 1.32. The third kappa shape index (κ3) is 5.94. The molecule has 206 valence electrons. The van der Waals surface area contributed by atoms with Crippen LogP contribution in [0.2, 0.25) is 0 Å². The van der Waals surface area contributed by atoms with Gasteiger partial charge in [-0.25, -0.2) is 0 Å². The number of thiophene rings is 1. The number of aromatic nitrogens is 2. The molecule has 7 rings (SSSR count). The standard InChI is InChI=1S/C38H28N4S/c1-3-9-27(10-4-1)29-15-17-33(35(23-29)41-31-13-7-21-39-25-31)37-19-20-38(43-37)34-18-16-30(28-11-5-2-6-12-28)24-36(34)42-32-14-8-22-40-26-32/h1-26,41-42H. The molecule has 4 nitrogen and oxygen atoms in total. The van der Waals surface area contributed by atoms with Gasteiger partial charge in [-0.15, -0.1) is 11.3 Å². The van der Waals surface area contributed by atoms with Crippen LogP contribution in [0.3, 0.4) is 0 Å². The Labute approximate surface area is 255 Å². The zero-order valence-corrected chi connectivity index (χ0v) is 24.1. The predicted octanol–water partition coefficient (Wildman–Crippen LogP) is 10.7. The Kier molecular flexibility index (Phi) is 7.45. The molecule has 0 saturated carbocycles. The molecule has 0 fully saturated rings. The quantitative estimate of drug-likeness (QED) is 0.190. The van der Waals surface area contributed by atoms with Gasteiger partial charge in [-0.3, -0.25) is 9.97 Å². The molecule has 0 saturated heterocycles. The molecular formula is C38H28N4S. The molecule has 4 aromatic carbocycles. The van der Waals surface area contributed by atoms with E-state index in [0.29, 0.717) is 0 Å². The van der Waals surface area contributed by atoms with E-state index < -0.39 is 0 Å². The summed E-state index contributed by atoms with van der Waals surface area (Å²) < 4.78 is 0. The third-order valence-electron chi connectivity index (χ3n) is 7.27. The summed E-state index contributed by atoms with van der Waals surface area (Å²) in [5.41, 5.74) is 10.9. The van der Waals surface area contributed by atoms with Gasteiger partial charge in [-0.2, -0.15) is 0 Å². The summed E-state index contributed by atoms with van der Waals surface area (Å²) in [7, 11) is 0. The van der Waals surface area contributed by atoms with Gasteiger partial charge >= 0.3 is 0 Å². The summed E-state index contributed by atoms with van der Waals surface area (Å²) in [5, 5.41) is 7.25. The second-order valence-corrected chi connectivity index (χ2v) is 11.2. The van der Waals surface area contributed by atoms with Gasteiger partial charge in [0.05, 0.1) is 23.8 Å². The fourth-order valence-corrected chi connectivity index (χ4v) is 6.24. The summed E-state index contributed by atoms with van der Waals surface area (Å²) in [6.07, 6.45) is 7.28. The van der Waals surface area contributed by atoms with Crippen molar-refractivity contribution in [3.63, 3.8) is 0 Å². The summed E-state index contributed by atoms with van der Waals surface area (Å²) in [4.78, 5) is 11.0. The minimum absolute atomic E-state index is 0.949. The molecule has 0 atom stereocenters. The molecule has 0 spiro atoms. The first-order valence-corrected chi connectivity index (χ1v) is 15.0. The number of rotatable bonds is 8. The number of benzene rings is 4. The lowest BCUT2D eigenvalue weighted by Crippen LogP contribution is -1.94. The minimum atomic E-state index is 0.949. The highest BCUT2D eigenvalue weighted by molar-refractivity contribution is 7.19. The van der Waals surface area contributed by atoms with E-state index in [1.54, 1.807) is 23.7 Å². The van der Waals surface area contributed by atoms with Crippen molar-refractivity contribution in [1.29, 1.82) is 0 Å². The highest BCUT2D eigenvalue weighted by Crippen LogP contribution is 2.43. The molecular weight excluding hydrogens is 545 g/mol. The van der Waals surface area contributed by atoms with Crippen LogP contribution in [0.1, 0.15) is 0 Å². The van der Waals surface area contributed by atoms with Crippen LogP contribution in [0.15, 0.2) is 158 Å². The van der Waals surface area contributed by atoms with Crippen LogP contribution in [-0.2, 0) is 0 Å². The monoisotopic (exact) mass is 572 g/mol. The van der Waals surface area contributed by atoms with E-state index in [2.05, 4.69) is 118 Å². The number of nitrogens with one attached hydrogen (secondary N) is 2. The Morgan fingerprint density at radius 1 is 0.419 bits per heavy atom. The van der Waals surface area contributed by atoms with Crippen LogP contribution in [0, 0.1) is 0 Å². The maximum atomic E-state index is 4.31. The third-order valence-corrected chi connectivity index (χ3v) is 8.42. The Morgan fingerprint density at radius 2 is 0.884 bits per heavy atom. The van der Waals surface area contributed by atoms with Crippen molar-refractivity contribution in [2.75, 3.05) is 10.6 Å². The topological polar surface area (TPSA) is 49.8 Å². The molecule has 3 heterocycles. The van der Waals surface area contributed by atoms with E-state index in [1.165, 1.54) is 20.9 Å². The highest BCUT2D eigenvalue weighted by atomic mass is 32.1. The van der Waals surface area contributed by atoms with Crippen molar-refractivity contribution in [2.24, 2.45) is 0 Å². The molecule has 0 aliphatic carbocycles. The predicted molar refractivity (Wildman–Crippen MR) is 181 cm³/mol. The van der Waals surface area contributed by atoms with Gasteiger partial charge in [-0.05, 0) is 70.8 Å². The summed E-state index contributed by atoms with van der Waals surface area (Å²) in [6, 6.07) is 46.6. The molecule has 0 unspecified atom stereocenters. The van der Waals surface area contributed by atoms with Crippen LogP contribution < -0.4 is 10.6 Å². The normalized spacial score (nSPS) is 10.8. The van der Waals surface area contributed by atoms with Crippen molar-refractivity contribution in [3.05, 3.63) is 158 Å². The van der Waals surface area contributed by atoms with E-state index in [0.717, 1.165) is 45.0 Å². The second-order valence-electron chi connectivity index (χ2n) is 10.2. The molecule has 2 N–H and O–H groups in total. The fourth-order valence-electron chi connectivity index (χ4n) is 5.16. The molecule has 7 aromatic rings. The van der Waals surface area contributed by atoms with Gasteiger partial charge in [0.25, 0.3) is 0 Å². The molecule has 3 aromatic heterocycles. The van der Waals surface area contributed by atoms with Crippen LogP contribution in [0.5, 0.6) is 0 Å². The summed E-state index contributed by atoms with van der Waals surface area (Å²) in [5.74, 6) is 0. The van der Waals surface area contributed by atoms with Crippen LogP contribution >= 0.6 is 11.3 Å². The lowest BCUT2D eigenvalue weighted by atomic mass is 10.0. The fraction of sp³-hybridized carbons (Fsp3) is 0. The van der Waals surface area contributed by atoms with E-state index >= 15 is 0 Å². The first-order chi connectivity index (χ1) is 21.3. The van der Waals surface area contributed by atoms with Crippen molar-refractivity contribution in [2.45, 2.75) is 0 Å². The SMILES string of the molecule is c1ccc(-c2ccc(-c3ccc(-c4ccc(-c5ccccc5)cc4Nc4cccnc4)s3)c(Nc3cccnc3)c2)cc1. The maximum Gasteiger partial charge on any atom is 0.0570 e. The van der Waals surface area contributed by atoms with E-state index in [-0.39, 0.29) is 0 Å². The number of hydrogen-bond acceptors (Lipinski definition) is 5. The molecule has 0 aliphatic heterocycles. The van der Waals surface area contributed by atoms with Crippen molar-refractivity contribution in [1.82, 2.24) is 9.97 Å². The maximum absolute atomic E-state index is 4.31. The van der Waals surface area contributed by atoms with Gasteiger partial charge in [0, 0.05) is 44.6 Å². The van der Waals surface area contributed by atoms with Crippen molar-refractivity contribution >= 4 is 34.1 Å². The second kappa shape index (κ2) is 12.1. The van der Waals surface area contributed by atoms with Gasteiger partial charge in [0.1, 0.15) is 0 Å². The highest BCUT2D eigenvalue weighted by Gasteiger charge is 2.15. The molecule has 0 amide bonds. The Morgan fingerprint density at radius 3 is 1.30 bits per heavy atom. The molecule has 43 heavy (non-hydrogen) atoms. The summed E-state index contributed by atoms with van der Waals surface area (Å²) in [6.45, 7) is 0. The van der Waals surface area contributed by atoms with E-state index in [1.807, 2.05) is 48.8 Å². The Bertz CT molecular complexity index is 1810. The van der Waals surface area contributed by atoms with Crippen LogP contribution in [-0.4, -0.2) is 9.97 Å². The first-order valence-electron chi connectivity index (χ1n) is 14.1. The minimum Gasteiger partial charge on any atom is -0.354 e. The number of pyridine rings is 2. The average molecular weight is 573 g/mol. The smallest absolute Gasteiger partial charge is 0.0570 e. The molecule has 0 radical (unpaired) electrons. The average Bonchev–Trinajstić information content (AvgIpc) is 3.56.